The first-order valence-electron chi connectivity index (χ1n) is 6.80. The molecule has 95 valence electrons. The Morgan fingerprint density at radius 3 is 2.06 bits per heavy atom. The largest absolute Gasteiger partial charge is 0.388 e. The minimum absolute atomic E-state index is 0.272. The second kappa shape index (κ2) is 12.2. The van der Waals surface area contributed by atoms with E-state index in [0.29, 0.717) is 0 Å². The lowest BCUT2D eigenvalue weighted by atomic mass is 10.0. The lowest BCUT2D eigenvalue weighted by Gasteiger charge is -2.09. The predicted octanol–water partition coefficient (Wildman–Crippen LogP) is 4.48. The van der Waals surface area contributed by atoms with Crippen LogP contribution in [0, 0.1) is 0 Å². The molecule has 1 unspecified atom stereocenters. The smallest absolute Gasteiger partial charge is 0.198 e. The summed E-state index contributed by atoms with van der Waals surface area (Å²) in [6, 6.07) is 9.84. The third kappa shape index (κ3) is 9.42. The van der Waals surface area contributed by atoms with E-state index < -0.39 is 0 Å². The Kier molecular flexibility index (Phi) is 12.0. The van der Waals surface area contributed by atoms with Gasteiger partial charge in [0, 0.05) is 0 Å². The number of hydrogen-bond acceptors (Lipinski definition) is 1. The Balaban J connectivity index is 0.000000437. The molecule has 0 fully saturated rings. The van der Waals surface area contributed by atoms with Crippen LogP contribution in [0.4, 0.5) is 0 Å². The molecule has 1 aromatic carbocycles. The second-order valence-corrected chi connectivity index (χ2v) is 6.38. The number of benzene rings is 1. The molecule has 1 nitrogen and oxygen atoms in total. The van der Waals surface area contributed by atoms with E-state index in [9.17, 15) is 5.11 Å². The van der Waals surface area contributed by atoms with E-state index in [2.05, 4.69) is 20.8 Å². The van der Waals surface area contributed by atoms with E-state index in [1.54, 1.807) is 0 Å². The molecule has 0 aliphatic heterocycles. The summed E-state index contributed by atoms with van der Waals surface area (Å²) < 4.78 is 0. The lowest BCUT2D eigenvalue weighted by molar-refractivity contribution is 0.164. The first-order valence-corrected chi connectivity index (χ1v) is 8.44. The number of rotatable bonds is 6. The molecule has 17 heavy (non-hydrogen) atoms. The zero-order valence-electron chi connectivity index (χ0n) is 11.5. The highest BCUT2D eigenvalue weighted by Gasteiger charge is 2.04. The van der Waals surface area contributed by atoms with Crippen LogP contribution in [-0.4, -0.2) is 20.3 Å². The monoisotopic (exact) mass is 249 g/mol. The van der Waals surface area contributed by atoms with E-state index in [0.717, 1.165) is 40.0 Å². The van der Waals surface area contributed by atoms with Crippen molar-refractivity contribution in [3.8, 4) is 0 Å². The molecule has 0 amide bonds. The molecular weight excluding hydrogens is 223 g/mol. The topological polar surface area (TPSA) is 20.2 Å². The van der Waals surface area contributed by atoms with Crippen molar-refractivity contribution in [3.63, 3.8) is 0 Å². The van der Waals surface area contributed by atoms with E-state index in [1.165, 1.54) is 10.6 Å². The van der Waals surface area contributed by atoms with Crippen molar-refractivity contribution in [2.45, 2.75) is 56.7 Å². The van der Waals surface area contributed by atoms with Crippen LogP contribution in [0.15, 0.2) is 30.3 Å². The number of hydrogen-bond donors (Lipinski definition) is 1. The van der Waals surface area contributed by atoms with E-state index >= 15 is 0 Å². The molecule has 1 rings (SSSR count). The van der Waals surface area contributed by atoms with Gasteiger partial charge in [0.2, 0.25) is 0 Å². The second-order valence-electron chi connectivity index (χ2n) is 4.17. The fourth-order valence-electron chi connectivity index (χ4n) is 1.53. The number of unbranched alkanes of at least 4 members (excludes halogenated alkanes) is 1. The highest BCUT2D eigenvalue weighted by molar-refractivity contribution is 6.34. The van der Waals surface area contributed by atoms with Crippen molar-refractivity contribution in [2.24, 2.45) is 0 Å². The molecule has 0 aliphatic carbocycles. The van der Waals surface area contributed by atoms with Crippen molar-refractivity contribution < 1.29 is 5.11 Å². The molecule has 1 radical (unpaired) electrons. The van der Waals surface area contributed by atoms with Crippen LogP contribution in [0.25, 0.3) is 0 Å². The first-order chi connectivity index (χ1) is 8.26. The first kappa shape index (κ1) is 16.7. The van der Waals surface area contributed by atoms with E-state index in [4.69, 9.17) is 0 Å². The summed E-state index contributed by atoms with van der Waals surface area (Å²) in [6.45, 7) is 6.63. The average molecular weight is 249 g/mol. The van der Waals surface area contributed by atoms with Crippen LogP contribution < -0.4 is 0 Å². The van der Waals surface area contributed by atoms with Crippen molar-refractivity contribution in [2.75, 3.05) is 0 Å². The van der Waals surface area contributed by atoms with Crippen molar-refractivity contribution in [3.05, 3.63) is 35.9 Å². The van der Waals surface area contributed by atoms with Gasteiger partial charge in [0.25, 0.3) is 0 Å². The summed E-state index contributed by atoms with van der Waals surface area (Å²) >= 11 is 0.815. The fraction of sp³-hybridized carbons (Fsp3) is 0.600. The van der Waals surface area contributed by atoms with Gasteiger partial charge in [-0.2, -0.15) is 0 Å². The normalized spacial score (nSPS) is 11.3. The number of aliphatic hydroxyl groups is 1. The van der Waals surface area contributed by atoms with Gasteiger partial charge < -0.3 is 5.11 Å². The van der Waals surface area contributed by atoms with E-state index in [1.807, 2.05) is 30.3 Å². The third-order valence-electron chi connectivity index (χ3n) is 2.59. The van der Waals surface area contributed by atoms with Gasteiger partial charge in [0.1, 0.15) is 0 Å². The van der Waals surface area contributed by atoms with Gasteiger partial charge in [-0.15, -0.1) is 10.6 Å². The van der Waals surface area contributed by atoms with Crippen LogP contribution in [-0.2, 0) is 0 Å². The predicted molar refractivity (Wildman–Crippen MR) is 77.6 cm³/mol. The van der Waals surface area contributed by atoms with Crippen molar-refractivity contribution in [1.29, 1.82) is 0 Å². The molecule has 0 aromatic heterocycles. The maximum atomic E-state index is 9.65. The molecule has 1 atom stereocenters. The van der Waals surface area contributed by atoms with Crippen molar-refractivity contribution >= 4 is 15.2 Å². The molecule has 0 aliphatic rings. The van der Waals surface area contributed by atoms with Gasteiger partial charge in [-0.25, -0.2) is 0 Å². The van der Waals surface area contributed by atoms with Crippen LogP contribution in [0.3, 0.4) is 0 Å². The highest BCUT2D eigenvalue weighted by Crippen LogP contribution is 2.17. The summed E-state index contributed by atoms with van der Waals surface area (Å²) in [5.74, 6) is 0. The Morgan fingerprint density at radius 1 is 1.06 bits per heavy atom. The van der Waals surface area contributed by atoms with Crippen LogP contribution in [0.5, 0.6) is 0 Å². The molecule has 0 spiro atoms. The van der Waals surface area contributed by atoms with Crippen LogP contribution >= 0.6 is 0 Å². The zero-order valence-corrected chi connectivity index (χ0v) is 12.7. The molecule has 0 bridgehead atoms. The minimum Gasteiger partial charge on any atom is -0.388 e. The molecule has 0 heterocycles. The summed E-state index contributed by atoms with van der Waals surface area (Å²) in [5, 5.41) is 12.5. The molecule has 1 N–H and O–H groups in total. The molecule has 2 heteroatoms. The summed E-state index contributed by atoms with van der Waals surface area (Å²) in [4.78, 5) is 0. The quantitative estimate of drug-likeness (QED) is 0.737. The average Bonchev–Trinajstić information content (AvgIpc) is 2.38. The minimum atomic E-state index is -0.272. The summed E-state index contributed by atoms with van der Waals surface area (Å²) in [7, 11) is 0. The SMILES string of the molecule is CCCCC(O)c1ccccc1.C[CH2][Al][CH2]C. The summed E-state index contributed by atoms with van der Waals surface area (Å²) in [6.07, 6.45) is 2.84. The molecule has 0 saturated carbocycles. The Labute approximate surface area is 113 Å². The zero-order chi connectivity index (χ0) is 12.9. The van der Waals surface area contributed by atoms with E-state index in [-0.39, 0.29) is 6.10 Å². The number of aliphatic hydroxyl groups excluding tert-OH is 1. The van der Waals surface area contributed by atoms with Gasteiger partial charge in [-0.05, 0) is 12.0 Å². The molecule has 1 aromatic rings. The van der Waals surface area contributed by atoms with Gasteiger partial charge in [-0.3, -0.25) is 0 Å². The van der Waals surface area contributed by atoms with Crippen molar-refractivity contribution in [1.82, 2.24) is 0 Å². The Hall–Kier alpha value is -0.288. The molecule has 0 saturated heterocycles. The lowest BCUT2D eigenvalue weighted by Crippen LogP contribution is -1.95. The Morgan fingerprint density at radius 2 is 1.65 bits per heavy atom. The highest BCUT2D eigenvalue weighted by atomic mass is 27.1. The van der Waals surface area contributed by atoms with Crippen LogP contribution in [0.2, 0.25) is 10.6 Å². The van der Waals surface area contributed by atoms with Gasteiger partial charge in [0.15, 0.2) is 15.2 Å². The van der Waals surface area contributed by atoms with Gasteiger partial charge in [-0.1, -0.05) is 63.9 Å². The standard InChI is InChI=1S/C11H16O.2C2H5.Al/c1-2-3-9-11(12)10-7-5-4-6-8-10;2*1-2;/h4-8,11-12H,2-3,9H2,1H3;2*1H2,2H3;. The maximum Gasteiger partial charge on any atom is 0.198 e. The van der Waals surface area contributed by atoms with Crippen LogP contribution in [0.1, 0.15) is 51.7 Å². The third-order valence-corrected chi connectivity index (χ3v) is 3.75. The summed E-state index contributed by atoms with van der Waals surface area (Å²) in [5.41, 5.74) is 1.03. The Bertz CT molecular complexity index is 246. The maximum absolute atomic E-state index is 9.65. The van der Waals surface area contributed by atoms with Gasteiger partial charge in [0.05, 0.1) is 6.10 Å². The van der Waals surface area contributed by atoms with Gasteiger partial charge >= 0.3 is 0 Å². The molecular formula is C15H26AlO. The fourth-order valence-corrected chi connectivity index (χ4v) is 2.11.